The Labute approximate surface area is 95.0 Å². The van der Waals surface area contributed by atoms with Crippen LogP contribution in [0.15, 0.2) is 0 Å². The summed E-state index contributed by atoms with van der Waals surface area (Å²) in [5.74, 6) is 0. The maximum Gasteiger partial charge on any atom is 0.0118 e. The van der Waals surface area contributed by atoms with E-state index in [1.165, 1.54) is 51.5 Å². The largest absolute Gasteiger partial charge is 0.313 e. The van der Waals surface area contributed by atoms with E-state index in [0.29, 0.717) is 10.8 Å². The highest BCUT2D eigenvalue weighted by Gasteiger charge is 2.36. The van der Waals surface area contributed by atoms with Gasteiger partial charge in [0.1, 0.15) is 0 Å². The standard InChI is InChI=1S/C14H27N/c1-13(2)8-6-7-12(13)15-11-14(3)9-4-5-10-14/h12,15H,4-11H2,1-3H3. The van der Waals surface area contributed by atoms with E-state index in [-0.39, 0.29) is 0 Å². The van der Waals surface area contributed by atoms with Crippen molar-refractivity contribution in [3.63, 3.8) is 0 Å². The first kappa shape index (κ1) is 11.4. The van der Waals surface area contributed by atoms with Crippen LogP contribution in [0.1, 0.15) is 65.7 Å². The lowest BCUT2D eigenvalue weighted by Crippen LogP contribution is -2.42. The lowest BCUT2D eigenvalue weighted by atomic mass is 9.84. The Balaban J connectivity index is 1.82. The first-order valence-electron chi connectivity index (χ1n) is 6.75. The van der Waals surface area contributed by atoms with E-state index in [4.69, 9.17) is 0 Å². The van der Waals surface area contributed by atoms with E-state index in [2.05, 4.69) is 26.1 Å². The number of hydrogen-bond acceptors (Lipinski definition) is 1. The van der Waals surface area contributed by atoms with Gasteiger partial charge < -0.3 is 5.32 Å². The van der Waals surface area contributed by atoms with Gasteiger partial charge in [0.05, 0.1) is 0 Å². The summed E-state index contributed by atoms with van der Waals surface area (Å²) < 4.78 is 0. The van der Waals surface area contributed by atoms with E-state index in [9.17, 15) is 0 Å². The van der Waals surface area contributed by atoms with Gasteiger partial charge >= 0.3 is 0 Å². The van der Waals surface area contributed by atoms with Crippen molar-refractivity contribution in [2.24, 2.45) is 10.8 Å². The van der Waals surface area contributed by atoms with Gasteiger partial charge in [-0.25, -0.2) is 0 Å². The van der Waals surface area contributed by atoms with Gasteiger partial charge in [-0.15, -0.1) is 0 Å². The molecule has 0 aromatic carbocycles. The minimum atomic E-state index is 0.537. The number of nitrogens with one attached hydrogen (secondary N) is 1. The highest BCUT2D eigenvalue weighted by molar-refractivity contribution is 4.92. The molecule has 2 fully saturated rings. The maximum absolute atomic E-state index is 3.85. The Morgan fingerprint density at radius 3 is 2.20 bits per heavy atom. The van der Waals surface area contributed by atoms with Crippen LogP contribution in [0.25, 0.3) is 0 Å². The second-order valence-electron chi connectivity index (χ2n) is 6.83. The summed E-state index contributed by atoms with van der Waals surface area (Å²) in [4.78, 5) is 0. The molecule has 2 aliphatic carbocycles. The molecule has 1 heteroatoms. The van der Waals surface area contributed by atoms with Gasteiger partial charge in [0.25, 0.3) is 0 Å². The molecule has 2 rings (SSSR count). The van der Waals surface area contributed by atoms with Crippen molar-refractivity contribution in [3.05, 3.63) is 0 Å². The predicted molar refractivity (Wildman–Crippen MR) is 66.0 cm³/mol. The molecule has 0 amide bonds. The summed E-state index contributed by atoms with van der Waals surface area (Å²) in [6, 6.07) is 0.773. The molecule has 0 bridgehead atoms. The second-order valence-corrected chi connectivity index (χ2v) is 6.83. The fourth-order valence-electron chi connectivity index (χ4n) is 3.48. The molecular weight excluding hydrogens is 182 g/mol. The fourth-order valence-corrected chi connectivity index (χ4v) is 3.48. The summed E-state index contributed by atoms with van der Waals surface area (Å²) in [7, 11) is 0. The highest BCUT2D eigenvalue weighted by Crippen LogP contribution is 2.40. The van der Waals surface area contributed by atoms with Crippen LogP contribution in [-0.4, -0.2) is 12.6 Å². The lowest BCUT2D eigenvalue weighted by molar-refractivity contribution is 0.234. The molecule has 1 unspecified atom stereocenters. The lowest BCUT2D eigenvalue weighted by Gasteiger charge is -2.32. The van der Waals surface area contributed by atoms with E-state index in [1.54, 1.807) is 0 Å². The third kappa shape index (κ3) is 2.55. The second kappa shape index (κ2) is 4.08. The van der Waals surface area contributed by atoms with Crippen molar-refractivity contribution >= 4 is 0 Å². The normalized spacial score (nSPS) is 33.4. The molecule has 0 radical (unpaired) electrons. The van der Waals surface area contributed by atoms with Gasteiger partial charge in [0.2, 0.25) is 0 Å². The third-order valence-corrected chi connectivity index (χ3v) is 4.84. The van der Waals surface area contributed by atoms with Crippen molar-refractivity contribution in [3.8, 4) is 0 Å². The summed E-state index contributed by atoms with van der Waals surface area (Å²) in [5.41, 5.74) is 1.15. The van der Waals surface area contributed by atoms with Gasteiger partial charge in [-0.3, -0.25) is 0 Å². The van der Waals surface area contributed by atoms with Gasteiger partial charge in [-0.2, -0.15) is 0 Å². The van der Waals surface area contributed by atoms with Crippen LogP contribution >= 0.6 is 0 Å². The summed E-state index contributed by atoms with van der Waals surface area (Å²) in [6.45, 7) is 8.57. The van der Waals surface area contributed by atoms with E-state index in [0.717, 1.165) is 6.04 Å². The van der Waals surface area contributed by atoms with Crippen molar-refractivity contribution in [1.82, 2.24) is 5.32 Å². The topological polar surface area (TPSA) is 12.0 Å². The first-order chi connectivity index (χ1) is 7.02. The van der Waals surface area contributed by atoms with Crippen LogP contribution in [0.2, 0.25) is 0 Å². The van der Waals surface area contributed by atoms with Gasteiger partial charge in [0.15, 0.2) is 0 Å². The van der Waals surface area contributed by atoms with E-state index < -0.39 is 0 Å². The molecule has 2 aliphatic rings. The molecule has 0 aromatic heterocycles. The first-order valence-corrected chi connectivity index (χ1v) is 6.75. The fraction of sp³-hybridized carbons (Fsp3) is 1.00. The van der Waals surface area contributed by atoms with Crippen molar-refractivity contribution in [2.75, 3.05) is 6.54 Å². The van der Waals surface area contributed by atoms with Crippen LogP contribution in [0.4, 0.5) is 0 Å². The monoisotopic (exact) mass is 209 g/mol. The van der Waals surface area contributed by atoms with Gasteiger partial charge in [-0.05, 0) is 36.5 Å². The molecular formula is C14H27N. The van der Waals surface area contributed by atoms with Crippen LogP contribution in [0.5, 0.6) is 0 Å². The Morgan fingerprint density at radius 2 is 1.67 bits per heavy atom. The van der Waals surface area contributed by atoms with Crippen LogP contribution < -0.4 is 5.32 Å². The van der Waals surface area contributed by atoms with Crippen LogP contribution in [0, 0.1) is 10.8 Å². The predicted octanol–water partition coefficient (Wildman–Crippen LogP) is 3.74. The smallest absolute Gasteiger partial charge is 0.0118 e. The molecule has 1 nitrogen and oxygen atoms in total. The zero-order chi connectivity index (χ0) is 10.9. The van der Waals surface area contributed by atoms with Gasteiger partial charge in [-0.1, -0.05) is 40.0 Å². The summed E-state index contributed by atoms with van der Waals surface area (Å²) in [6.07, 6.45) is 9.99. The number of hydrogen-bond donors (Lipinski definition) is 1. The third-order valence-electron chi connectivity index (χ3n) is 4.84. The maximum atomic E-state index is 3.85. The molecule has 1 N–H and O–H groups in total. The highest BCUT2D eigenvalue weighted by atomic mass is 14.9. The molecule has 2 saturated carbocycles. The minimum absolute atomic E-state index is 0.537. The average molecular weight is 209 g/mol. The van der Waals surface area contributed by atoms with Crippen LogP contribution in [-0.2, 0) is 0 Å². The zero-order valence-corrected chi connectivity index (χ0v) is 10.7. The summed E-state index contributed by atoms with van der Waals surface area (Å²) >= 11 is 0. The summed E-state index contributed by atoms with van der Waals surface area (Å²) in [5, 5.41) is 3.85. The average Bonchev–Trinajstić information content (AvgIpc) is 2.70. The zero-order valence-electron chi connectivity index (χ0n) is 10.7. The molecule has 88 valence electrons. The SMILES string of the molecule is CC1(CNC2CCCC2(C)C)CCCC1. The molecule has 15 heavy (non-hydrogen) atoms. The quantitative estimate of drug-likeness (QED) is 0.746. The van der Waals surface area contributed by atoms with Crippen LogP contribution in [0.3, 0.4) is 0 Å². The van der Waals surface area contributed by atoms with Crippen molar-refractivity contribution in [2.45, 2.75) is 71.8 Å². The van der Waals surface area contributed by atoms with Crippen molar-refractivity contribution in [1.29, 1.82) is 0 Å². The molecule has 0 saturated heterocycles. The molecule has 0 aliphatic heterocycles. The van der Waals surface area contributed by atoms with E-state index >= 15 is 0 Å². The minimum Gasteiger partial charge on any atom is -0.313 e. The molecule has 0 spiro atoms. The van der Waals surface area contributed by atoms with E-state index in [1.807, 2.05) is 0 Å². The molecule has 1 atom stereocenters. The number of rotatable bonds is 3. The Kier molecular flexibility index (Phi) is 3.12. The van der Waals surface area contributed by atoms with Gasteiger partial charge in [0, 0.05) is 12.6 Å². The Hall–Kier alpha value is -0.0400. The Bertz CT molecular complexity index is 213. The molecule has 0 heterocycles. The molecule has 0 aromatic rings. The van der Waals surface area contributed by atoms with Crippen molar-refractivity contribution < 1.29 is 0 Å². The Morgan fingerprint density at radius 1 is 1.00 bits per heavy atom.